The zero-order valence-corrected chi connectivity index (χ0v) is 13.8. The number of carbonyl (C=O) groups excluding carboxylic acids is 2. The molecule has 1 aliphatic rings. The van der Waals surface area contributed by atoms with Crippen LogP contribution in [0.2, 0.25) is 0 Å². The van der Waals surface area contributed by atoms with Crippen LogP contribution < -0.4 is 9.64 Å². The molecule has 0 bridgehead atoms. The van der Waals surface area contributed by atoms with Crippen LogP contribution in [0.15, 0.2) is 18.2 Å². The van der Waals surface area contributed by atoms with Gasteiger partial charge in [-0.3, -0.25) is 14.5 Å². The van der Waals surface area contributed by atoms with Crippen LogP contribution in [-0.4, -0.2) is 35.7 Å². The van der Waals surface area contributed by atoms with E-state index in [2.05, 4.69) is 0 Å². The number of aromatic hydroxyl groups is 1. The third-order valence-corrected chi connectivity index (χ3v) is 4.07. The number of hydrogen-bond acceptors (Lipinski definition) is 5. The van der Waals surface area contributed by atoms with Crippen molar-refractivity contribution in [2.24, 2.45) is 0 Å². The van der Waals surface area contributed by atoms with Crippen molar-refractivity contribution in [2.75, 3.05) is 18.1 Å². The van der Waals surface area contributed by atoms with Crippen LogP contribution in [0.25, 0.3) is 0 Å². The minimum Gasteiger partial charge on any atom is -0.508 e. The molecule has 0 unspecified atom stereocenters. The molecule has 0 saturated carbocycles. The summed E-state index contributed by atoms with van der Waals surface area (Å²) in [5.74, 6) is -0.270. The minimum atomic E-state index is -0.991. The summed E-state index contributed by atoms with van der Waals surface area (Å²) in [6.45, 7) is 5.78. The van der Waals surface area contributed by atoms with Crippen LogP contribution in [0.3, 0.4) is 0 Å². The number of hydrogen-bond donors (Lipinski definition) is 1. The number of benzene rings is 1. The zero-order chi connectivity index (χ0) is 17.0. The monoisotopic (exact) mass is 321 g/mol. The lowest BCUT2D eigenvalue weighted by Gasteiger charge is -2.41. The number of rotatable bonds is 6. The zero-order valence-electron chi connectivity index (χ0n) is 13.8. The fourth-order valence-corrected chi connectivity index (χ4v) is 2.66. The molecule has 0 atom stereocenters. The van der Waals surface area contributed by atoms with Crippen molar-refractivity contribution in [1.29, 1.82) is 0 Å². The Hall–Kier alpha value is -2.24. The smallest absolute Gasteiger partial charge is 0.326 e. The maximum atomic E-state index is 12.9. The summed E-state index contributed by atoms with van der Waals surface area (Å²) in [6.07, 6.45) is 1.69. The lowest BCUT2D eigenvalue weighted by molar-refractivity contribution is -0.145. The van der Waals surface area contributed by atoms with Gasteiger partial charge in [-0.25, -0.2) is 0 Å². The highest BCUT2D eigenvalue weighted by molar-refractivity contribution is 6.05. The van der Waals surface area contributed by atoms with Crippen LogP contribution in [-0.2, 0) is 14.3 Å². The Balaban J connectivity index is 2.39. The highest BCUT2D eigenvalue weighted by Gasteiger charge is 2.46. The molecule has 0 spiro atoms. The second kappa shape index (κ2) is 6.89. The van der Waals surface area contributed by atoms with Crippen molar-refractivity contribution in [2.45, 2.75) is 45.6 Å². The number of amides is 1. The van der Waals surface area contributed by atoms with Crippen LogP contribution in [0, 0.1) is 0 Å². The number of carbonyl (C=O) groups is 2. The summed E-state index contributed by atoms with van der Waals surface area (Å²) < 4.78 is 11.0. The van der Waals surface area contributed by atoms with Gasteiger partial charge in [-0.05, 0) is 31.4 Å². The first-order valence-electron chi connectivity index (χ1n) is 7.97. The summed E-state index contributed by atoms with van der Waals surface area (Å²) in [6, 6.07) is 4.54. The molecule has 6 nitrogen and oxygen atoms in total. The first-order chi connectivity index (χ1) is 11.0. The fourth-order valence-electron chi connectivity index (χ4n) is 2.66. The molecule has 6 heteroatoms. The van der Waals surface area contributed by atoms with Crippen molar-refractivity contribution < 1.29 is 24.2 Å². The van der Waals surface area contributed by atoms with E-state index >= 15 is 0 Å². The lowest BCUT2D eigenvalue weighted by Crippen LogP contribution is -2.56. The first-order valence-corrected chi connectivity index (χ1v) is 7.97. The third kappa shape index (κ3) is 3.25. The maximum Gasteiger partial charge on any atom is 0.326 e. The Morgan fingerprint density at radius 2 is 2.00 bits per heavy atom. The SMILES string of the molecule is CCCOC(=O)CN1C(=O)C(CC)(CC)Oc2ccc(O)cc21. The van der Waals surface area contributed by atoms with Gasteiger partial charge in [0.25, 0.3) is 5.91 Å². The molecular formula is C17H23NO5. The average Bonchev–Trinajstić information content (AvgIpc) is 2.56. The molecule has 0 aromatic heterocycles. The predicted octanol–water partition coefficient (Wildman–Crippen LogP) is 2.63. The molecule has 1 aromatic rings. The predicted molar refractivity (Wildman–Crippen MR) is 85.7 cm³/mol. The van der Waals surface area contributed by atoms with Gasteiger partial charge < -0.3 is 14.6 Å². The van der Waals surface area contributed by atoms with Gasteiger partial charge in [-0.15, -0.1) is 0 Å². The third-order valence-electron chi connectivity index (χ3n) is 4.07. The maximum absolute atomic E-state index is 12.9. The number of ether oxygens (including phenoxy) is 2. The van der Waals surface area contributed by atoms with Crippen molar-refractivity contribution in [3.63, 3.8) is 0 Å². The van der Waals surface area contributed by atoms with Gasteiger partial charge in [-0.2, -0.15) is 0 Å². The lowest BCUT2D eigenvalue weighted by atomic mass is 9.92. The quantitative estimate of drug-likeness (QED) is 0.815. The van der Waals surface area contributed by atoms with Crippen LogP contribution in [0.1, 0.15) is 40.0 Å². The Kier molecular flexibility index (Phi) is 5.13. The Morgan fingerprint density at radius 1 is 1.30 bits per heavy atom. The van der Waals surface area contributed by atoms with E-state index in [1.54, 1.807) is 6.07 Å². The highest BCUT2D eigenvalue weighted by Crippen LogP contribution is 2.42. The van der Waals surface area contributed by atoms with Crippen molar-refractivity contribution >= 4 is 17.6 Å². The minimum absolute atomic E-state index is 0.00701. The van der Waals surface area contributed by atoms with Crippen molar-refractivity contribution in [3.05, 3.63) is 18.2 Å². The fraction of sp³-hybridized carbons (Fsp3) is 0.529. The van der Waals surface area contributed by atoms with Gasteiger partial charge in [-0.1, -0.05) is 20.8 Å². The molecule has 0 fully saturated rings. The van der Waals surface area contributed by atoms with Crippen LogP contribution in [0.4, 0.5) is 5.69 Å². The summed E-state index contributed by atoms with van der Waals surface area (Å²) in [4.78, 5) is 26.2. The molecule has 1 N–H and O–H groups in total. The molecule has 0 aliphatic carbocycles. The molecule has 1 aromatic carbocycles. The van der Waals surface area contributed by atoms with E-state index in [9.17, 15) is 14.7 Å². The van der Waals surface area contributed by atoms with E-state index in [4.69, 9.17) is 9.47 Å². The number of esters is 1. The summed E-state index contributed by atoms with van der Waals surface area (Å²) in [7, 11) is 0. The van der Waals surface area contributed by atoms with E-state index in [1.807, 2.05) is 20.8 Å². The molecule has 23 heavy (non-hydrogen) atoms. The number of phenols is 1. The van der Waals surface area contributed by atoms with Gasteiger partial charge in [0.2, 0.25) is 0 Å². The largest absolute Gasteiger partial charge is 0.508 e. The summed E-state index contributed by atoms with van der Waals surface area (Å²) in [5, 5.41) is 9.70. The van der Waals surface area contributed by atoms with E-state index in [0.717, 1.165) is 0 Å². The topological polar surface area (TPSA) is 76.1 Å². The number of fused-ring (bicyclic) bond motifs is 1. The highest BCUT2D eigenvalue weighted by atomic mass is 16.5. The Morgan fingerprint density at radius 3 is 2.61 bits per heavy atom. The van der Waals surface area contributed by atoms with E-state index in [-0.39, 0.29) is 18.2 Å². The Labute approximate surface area is 136 Å². The molecule has 126 valence electrons. The number of nitrogens with zero attached hydrogens (tertiary/aromatic N) is 1. The molecule has 0 saturated heterocycles. The molecule has 2 rings (SSSR count). The summed E-state index contributed by atoms with van der Waals surface area (Å²) in [5.41, 5.74) is -0.601. The second-order valence-electron chi connectivity index (χ2n) is 5.57. The van der Waals surface area contributed by atoms with E-state index in [1.165, 1.54) is 17.0 Å². The van der Waals surface area contributed by atoms with Crippen LogP contribution >= 0.6 is 0 Å². The average molecular weight is 321 g/mol. The summed E-state index contributed by atoms with van der Waals surface area (Å²) >= 11 is 0. The molecular weight excluding hydrogens is 298 g/mol. The van der Waals surface area contributed by atoms with Gasteiger partial charge >= 0.3 is 5.97 Å². The van der Waals surface area contributed by atoms with Gasteiger partial charge in [0.05, 0.1) is 12.3 Å². The van der Waals surface area contributed by atoms with Crippen molar-refractivity contribution in [3.8, 4) is 11.5 Å². The van der Waals surface area contributed by atoms with Gasteiger partial charge in [0.1, 0.15) is 18.0 Å². The van der Waals surface area contributed by atoms with E-state index in [0.29, 0.717) is 37.3 Å². The number of anilines is 1. The Bertz CT molecular complexity index is 595. The molecule has 1 aliphatic heterocycles. The van der Waals surface area contributed by atoms with E-state index < -0.39 is 11.6 Å². The van der Waals surface area contributed by atoms with Crippen molar-refractivity contribution in [1.82, 2.24) is 0 Å². The second-order valence-corrected chi connectivity index (χ2v) is 5.57. The molecule has 0 radical (unpaired) electrons. The normalized spacial score (nSPS) is 15.8. The van der Waals surface area contributed by atoms with Gasteiger partial charge in [0.15, 0.2) is 5.60 Å². The molecule has 1 amide bonds. The van der Waals surface area contributed by atoms with Gasteiger partial charge in [0, 0.05) is 6.07 Å². The van der Waals surface area contributed by atoms with Crippen LogP contribution in [0.5, 0.6) is 11.5 Å². The number of phenolic OH excluding ortho intramolecular Hbond substituents is 1. The standard InChI is InChI=1S/C17H23NO5/c1-4-9-22-15(20)11-18-13-10-12(19)7-8-14(13)23-17(5-2,6-3)16(18)21/h7-8,10,19H,4-6,9,11H2,1-3H3. The first kappa shape index (κ1) is 17.1. The molecule has 1 heterocycles.